The van der Waals surface area contributed by atoms with Gasteiger partial charge in [0.1, 0.15) is 0 Å². The fourth-order valence-electron chi connectivity index (χ4n) is 1.55. The lowest BCUT2D eigenvalue weighted by atomic mass is 10.0. The highest BCUT2D eigenvalue weighted by molar-refractivity contribution is 5.93. The van der Waals surface area contributed by atoms with Crippen LogP contribution in [0, 0.1) is 11.8 Å². The second-order valence-corrected chi connectivity index (χ2v) is 3.86. The Balaban J connectivity index is 2.99. The molecule has 0 aliphatic rings. The number of hydrazine groups is 1. The van der Waals surface area contributed by atoms with E-state index in [-0.39, 0.29) is 0 Å². The lowest BCUT2D eigenvalue weighted by molar-refractivity contribution is 0.1000. The molecule has 5 heteroatoms. The SMILES string of the molecule is NCCCc1cc(C#CCNN)cc(C(N)=O)c1. The molecule has 7 N–H and O–H groups in total. The third-order valence-corrected chi connectivity index (χ3v) is 2.37. The molecule has 0 aliphatic carbocycles. The average molecular weight is 246 g/mol. The van der Waals surface area contributed by atoms with E-state index in [0.717, 1.165) is 24.0 Å². The molecule has 1 amide bonds. The number of aryl methyl sites for hydroxylation is 1. The van der Waals surface area contributed by atoms with Crippen LogP contribution < -0.4 is 22.7 Å². The lowest BCUT2D eigenvalue weighted by Gasteiger charge is -2.04. The van der Waals surface area contributed by atoms with Crippen molar-refractivity contribution < 1.29 is 4.79 Å². The predicted molar refractivity (Wildman–Crippen MR) is 71.4 cm³/mol. The van der Waals surface area contributed by atoms with Gasteiger partial charge in [-0.2, -0.15) is 0 Å². The van der Waals surface area contributed by atoms with Crippen molar-refractivity contribution in [1.29, 1.82) is 0 Å². The number of benzene rings is 1. The minimum absolute atomic E-state index is 0.388. The summed E-state index contributed by atoms with van der Waals surface area (Å²) in [7, 11) is 0. The molecular weight excluding hydrogens is 228 g/mol. The minimum Gasteiger partial charge on any atom is -0.366 e. The van der Waals surface area contributed by atoms with E-state index >= 15 is 0 Å². The molecule has 96 valence electrons. The van der Waals surface area contributed by atoms with Crippen LogP contribution in [0.5, 0.6) is 0 Å². The highest BCUT2D eigenvalue weighted by Crippen LogP contribution is 2.11. The van der Waals surface area contributed by atoms with Crippen molar-refractivity contribution in [2.75, 3.05) is 13.1 Å². The average Bonchev–Trinajstić information content (AvgIpc) is 2.36. The topological polar surface area (TPSA) is 107 Å². The van der Waals surface area contributed by atoms with E-state index in [1.807, 2.05) is 6.07 Å². The van der Waals surface area contributed by atoms with E-state index in [1.165, 1.54) is 0 Å². The largest absolute Gasteiger partial charge is 0.366 e. The number of nitrogens with two attached hydrogens (primary N) is 3. The van der Waals surface area contributed by atoms with Gasteiger partial charge in [-0.15, -0.1) is 0 Å². The van der Waals surface area contributed by atoms with E-state index in [4.69, 9.17) is 17.3 Å². The van der Waals surface area contributed by atoms with Crippen LogP contribution in [0.25, 0.3) is 0 Å². The maximum Gasteiger partial charge on any atom is 0.248 e. The maximum atomic E-state index is 11.2. The molecule has 0 aromatic heterocycles. The van der Waals surface area contributed by atoms with Gasteiger partial charge in [-0.25, -0.2) is 5.43 Å². The Morgan fingerprint density at radius 3 is 2.72 bits per heavy atom. The Labute approximate surface area is 107 Å². The quantitative estimate of drug-likeness (QED) is 0.319. The van der Waals surface area contributed by atoms with Gasteiger partial charge in [0.05, 0.1) is 6.54 Å². The summed E-state index contributed by atoms with van der Waals surface area (Å²) in [5.41, 5.74) is 15.4. The normalized spacial score (nSPS) is 9.67. The van der Waals surface area contributed by atoms with Crippen molar-refractivity contribution >= 4 is 5.91 Å². The van der Waals surface area contributed by atoms with Crippen LogP contribution in [0.15, 0.2) is 18.2 Å². The Morgan fingerprint density at radius 2 is 2.11 bits per heavy atom. The summed E-state index contributed by atoms with van der Waals surface area (Å²) < 4.78 is 0. The molecule has 0 saturated carbocycles. The van der Waals surface area contributed by atoms with E-state index in [1.54, 1.807) is 12.1 Å². The molecule has 0 fully saturated rings. The van der Waals surface area contributed by atoms with Gasteiger partial charge in [0.2, 0.25) is 5.91 Å². The minimum atomic E-state index is -0.454. The lowest BCUT2D eigenvalue weighted by Crippen LogP contribution is -2.21. The molecule has 0 unspecified atom stereocenters. The first-order valence-electron chi connectivity index (χ1n) is 5.73. The molecule has 0 heterocycles. The molecule has 18 heavy (non-hydrogen) atoms. The van der Waals surface area contributed by atoms with Crippen molar-refractivity contribution in [2.24, 2.45) is 17.3 Å². The number of rotatable bonds is 5. The smallest absolute Gasteiger partial charge is 0.248 e. The summed E-state index contributed by atoms with van der Waals surface area (Å²) in [4.78, 5) is 11.2. The molecular formula is C13H18N4O. The number of carbonyl (C=O) groups is 1. The summed E-state index contributed by atoms with van der Waals surface area (Å²) in [5.74, 6) is 10.4. The number of primary amides is 1. The second-order valence-electron chi connectivity index (χ2n) is 3.86. The van der Waals surface area contributed by atoms with Gasteiger partial charge >= 0.3 is 0 Å². The summed E-state index contributed by atoms with van der Waals surface area (Å²) in [5, 5.41) is 0. The Kier molecular flexibility index (Phi) is 5.88. The van der Waals surface area contributed by atoms with E-state index in [9.17, 15) is 4.79 Å². The van der Waals surface area contributed by atoms with Crippen LogP contribution in [-0.2, 0) is 6.42 Å². The molecule has 1 rings (SSSR count). The zero-order valence-corrected chi connectivity index (χ0v) is 10.2. The molecule has 0 atom stereocenters. The standard InChI is InChI=1S/C13H18N4O/c14-5-1-3-10-7-11(4-2-6-17-16)9-12(8-10)13(15)18/h7-9,17H,1,3,5-6,14,16H2,(H2,15,18). The molecule has 0 aliphatic heterocycles. The Hall–Kier alpha value is -1.87. The number of hydrogen-bond acceptors (Lipinski definition) is 4. The summed E-state index contributed by atoms with van der Waals surface area (Å²) >= 11 is 0. The van der Waals surface area contributed by atoms with Crippen LogP contribution in [0.2, 0.25) is 0 Å². The highest BCUT2D eigenvalue weighted by Gasteiger charge is 2.04. The second kappa shape index (κ2) is 7.45. The third-order valence-electron chi connectivity index (χ3n) is 2.37. The summed E-state index contributed by atoms with van der Waals surface area (Å²) in [6.07, 6.45) is 1.67. The first kappa shape index (κ1) is 14.2. The summed E-state index contributed by atoms with van der Waals surface area (Å²) in [6, 6.07) is 5.40. The van der Waals surface area contributed by atoms with Crippen LogP contribution in [0.3, 0.4) is 0 Å². The number of hydrogen-bond donors (Lipinski definition) is 4. The number of amides is 1. The van der Waals surface area contributed by atoms with Gasteiger partial charge in [0.15, 0.2) is 0 Å². The van der Waals surface area contributed by atoms with Gasteiger partial charge < -0.3 is 11.5 Å². The molecule has 0 radical (unpaired) electrons. The van der Waals surface area contributed by atoms with Crippen LogP contribution >= 0.6 is 0 Å². The first-order chi connectivity index (χ1) is 8.67. The monoisotopic (exact) mass is 246 g/mol. The van der Waals surface area contributed by atoms with Gasteiger partial charge in [-0.1, -0.05) is 11.8 Å². The predicted octanol–water partition coefficient (Wildman–Crippen LogP) is -0.508. The molecule has 0 spiro atoms. The zero-order valence-electron chi connectivity index (χ0n) is 10.2. The summed E-state index contributed by atoms with van der Waals surface area (Å²) in [6.45, 7) is 0.998. The van der Waals surface area contributed by atoms with E-state index in [2.05, 4.69) is 17.3 Å². The van der Waals surface area contributed by atoms with Gasteiger partial charge in [0.25, 0.3) is 0 Å². The van der Waals surface area contributed by atoms with Crippen molar-refractivity contribution in [3.8, 4) is 11.8 Å². The van der Waals surface area contributed by atoms with Crippen LogP contribution in [0.4, 0.5) is 0 Å². The Morgan fingerprint density at radius 1 is 1.33 bits per heavy atom. The van der Waals surface area contributed by atoms with Gasteiger partial charge in [-0.3, -0.25) is 10.6 Å². The molecule has 1 aromatic rings. The van der Waals surface area contributed by atoms with Gasteiger partial charge in [-0.05, 0) is 43.1 Å². The first-order valence-corrected chi connectivity index (χ1v) is 5.73. The molecule has 5 nitrogen and oxygen atoms in total. The van der Waals surface area contributed by atoms with E-state index in [0.29, 0.717) is 18.7 Å². The molecule has 1 aromatic carbocycles. The van der Waals surface area contributed by atoms with Crippen molar-refractivity contribution in [1.82, 2.24) is 5.43 Å². The third kappa shape index (κ3) is 4.55. The highest BCUT2D eigenvalue weighted by atomic mass is 16.1. The van der Waals surface area contributed by atoms with Crippen molar-refractivity contribution in [2.45, 2.75) is 12.8 Å². The van der Waals surface area contributed by atoms with Crippen LogP contribution in [-0.4, -0.2) is 19.0 Å². The van der Waals surface area contributed by atoms with Gasteiger partial charge in [0, 0.05) is 11.1 Å². The van der Waals surface area contributed by atoms with Crippen LogP contribution in [0.1, 0.15) is 27.9 Å². The zero-order chi connectivity index (χ0) is 13.4. The number of carbonyl (C=O) groups excluding carboxylic acids is 1. The fourth-order valence-corrected chi connectivity index (χ4v) is 1.55. The molecule has 0 saturated heterocycles. The molecule has 0 bridgehead atoms. The Bertz CT molecular complexity index is 474. The number of nitrogens with one attached hydrogen (secondary N) is 1. The van der Waals surface area contributed by atoms with E-state index < -0.39 is 5.91 Å². The van der Waals surface area contributed by atoms with Crippen molar-refractivity contribution in [3.63, 3.8) is 0 Å². The van der Waals surface area contributed by atoms with Crippen molar-refractivity contribution in [3.05, 3.63) is 34.9 Å². The fraction of sp³-hybridized carbons (Fsp3) is 0.308. The maximum absolute atomic E-state index is 11.2.